The van der Waals surface area contributed by atoms with Crippen molar-refractivity contribution < 1.29 is 13.2 Å². The summed E-state index contributed by atoms with van der Waals surface area (Å²) >= 11 is 0. The van der Waals surface area contributed by atoms with Crippen LogP contribution < -0.4 is 0 Å². The molecule has 3 rings (SSSR count). The number of amides is 1. The van der Waals surface area contributed by atoms with Gasteiger partial charge in [-0.3, -0.25) is 9.48 Å². The number of benzene rings is 1. The number of hydrogen-bond donors (Lipinski definition) is 0. The second-order valence-corrected chi connectivity index (χ2v) is 10.8. The minimum atomic E-state index is -3.81. The number of carbonyl (C=O) groups is 1. The highest BCUT2D eigenvalue weighted by Gasteiger charge is 2.46. The molecule has 0 N–H and O–H groups in total. The van der Waals surface area contributed by atoms with Crippen LogP contribution in [0.15, 0.2) is 41.6 Å². The Morgan fingerprint density at radius 1 is 1.30 bits per heavy atom. The maximum atomic E-state index is 13.6. The van der Waals surface area contributed by atoms with Crippen LogP contribution in [0.3, 0.4) is 0 Å². The van der Waals surface area contributed by atoms with Gasteiger partial charge in [-0.05, 0) is 29.5 Å². The summed E-state index contributed by atoms with van der Waals surface area (Å²) in [6, 6.07) is 6.54. The second kappa shape index (κ2) is 8.51. The molecule has 2 heterocycles. The van der Waals surface area contributed by atoms with Gasteiger partial charge in [-0.25, -0.2) is 8.42 Å². The Hall–Kier alpha value is -2.19. The number of rotatable bonds is 7. The number of sulfonamides is 1. The van der Waals surface area contributed by atoms with Gasteiger partial charge in [0.1, 0.15) is 0 Å². The van der Waals surface area contributed by atoms with Crippen molar-refractivity contribution in [2.45, 2.75) is 44.4 Å². The lowest BCUT2D eigenvalue weighted by Gasteiger charge is -2.24. The predicted molar refractivity (Wildman–Crippen MR) is 117 cm³/mol. The van der Waals surface area contributed by atoms with Crippen LogP contribution in [0.2, 0.25) is 0 Å². The highest BCUT2D eigenvalue weighted by atomic mass is 32.2. The van der Waals surface area contributed by atoms with Crippen LogP contribution in [0.1, 0.15) is 55.5 Å². The first-order chi connectivity index (χ1) is 14.1. The Morgan fingerprint density at radius 2 is 2.00 bits per heavy atom. The van der Waals surface area contributed by atoms with Gasteiger partial charge in [0.25, 0.3) is 5.91 Å². The quantitative estimate of drug-likeness (QED) is 0.674. The van der Waals surface area contributed by atoms with Gasteiger partial charge < -0.3 is 4.90 Å². The summed E-state index contributed by atoms with van der Waals surface area (Å²) in [4.78, 5) is 14.7. The summed E-state index contributed by atoms with van der Waals surface area (Å²) in [7, 11) is -0.236. The van der Waals surface area contributed by atoms with Gasteiger partial charge in [-0.1, -0.05) is 39.3 Å². The number of unbranched alkanes of at least 4 members (excludes halogenated alkanes) is 1. The molecule has 1 fully saturated rings. The molecule has 1 amide bonds. The molecule has 1 unspecified atom stereocenters. The van der Waals surface area contributed by atoms with E-state index in [-0.39, 0.29) is 27.7 Å². The Labute approximate surface area is 179 Å². The van der Waals surface area contributed by atoms with Crippen LogP contribution in [0.25, 0.3) is 0 Å². The normalized spacial score (nSPS) is 19.2. The molecule has 1 aliphatic rings. The van der Waals surface area contributed by atoms with Crippen LogP contribution in [-0.4, -0.2) is 60.0 Å². The van der Waals surface area contributed by atoms with Crippen LogP contribution in [0, 0.1) is 5.41 Å². The predicted octanol–water partition coefficient (Wildman–Crippen LogP) is 3.11. The lowest BCUT2D eigenvalue weighted by molar-refractivity contribution is 0.0789. The van der Waals surface area contributed by atoms with Crippen LogP contribution in [0.4, 0.5) is 0 Å². The monoisotopic (exact) mass is 432 g/mol. The fourth-order valence-corrected chi connectivity index (χ4v) is 5.96. The van der Waals surface area contributed by atoms with Gasteiger partial charge in [0.2, 0.25) is 10.0 Å². The first-order valence-electron chi connectivity index (χ1n) is 10.4. The summed E-state index contributed by atoms with van der Waals surface area (Å²) in [6.07, 6.45) is 5.60. The van der Waals surface area contributed by atoms with Crippen molar-refractivity contribution in [3.63, 3.8) is 0 Å². The average molecular weight is 433 g/mol. The van der Waals surface area contributed by atoms with Gasteiger partial charge in [0.15, 0.2) is 0 Å². The van der Waals surface area contributed by atoms with E-state index in [0.29, 0.717) is 19.6 Å². The molecule has 7 nitrogen and oxygen atoms in total. The van der Waals surface area contributed by atoms with E-state index in [0.717, 1.165) is 18.4 Å². The smallest absolute Gasteiger partial charge is 0.254 e. The molecule has 0 saturated carbocycles. The van der Waals surface area contributed by atoms with E-state index in [1.54, 1.807) is 40.9 Å². The fraction of sp³-hybridized carbons (Fsp3) is 0.545. The Kier molecular flexibility index (Phi) is 6.38. The molecule has 164 valence electrons. The lowest BCUT2D eigenvalue weighted by Crippen LogP contribution is -2.34. The zero-order valence-corrected chi connectivity index (χ0v) is 19.3. The molecule has 1 atom stereocenters. The molecule has 1 aliphatic heterocycles. The van der Waals surface area contributed by atoms with Crippen LogP contribution >= 0.6 is 0 Å². The minimum absolute atomic E-state index is 0.0380. The molecule has 1 aromatic heterocycles. The van der Waals surface area contributed by atoms with Crippen LogP contribution in [0.5, 0.6) is 0 Å². The zero-order valence-electron chi connectivity index (χ0n) is 18.5. The molecule has 1 aromatic carbocycles. The molecule has 0 radical (unpaired) electrons. The molecular weight excluding hydrogens is 400 g/mol. The number of aryl methyl sites for hydroxylation is 1. The van der Waals surface area contributed by atoms with Crippen molar-refractivity contribution in [1.29, 1.82) is 0 Å². The third kappa shape index (κ3) is 4.30. The number of hydrogen-bond acceptors (Lipinski definition) is 4. The highest BCUT2D eigenvalue weighted by molar-refractivity contribution is 7.89. The van der Waals surface area contributed by atoms with Gasteiger partial charge in [0, 0.05) is 45.8 Å². The number of aromatic nitrogens is 2. The lowest BCUT2D eigenvalue weighted by atomic mass is 9.79. The molecule has 2 aromatic rings. The Balaban J connectivity index is 1.92. The number of nitrogens with zero attached hydrogens (tertiary/aromatic N) is 4. The van der Waals surface area contributed by atoms with E-state index in [2.05, 4.69) is 25.9 Å². The van der Waals surface area contributed by atoms with E-state index in [1.165, 1.54) is 4.31 Å². The number of carbonyl (C=O) groups excluding carboxylic acids is 1. The summed E-state index contributed by atoms with van der Waals surface area (Å²) in [5, 5.41) is 4.25. The molecule has 0 bridgehead atoms. The van der Waals surface area contributed by atoms with E-state index >= 15 is 0 Å². The summed E-state index contributed by atoms with van der Waals surface area (Å²) in [5.41, 5.74) is 1.02. The van der Waals surface area contributed by atoms with E-state index in [9.17, 15) is 13.2 Å². The van der Waals surface area contributed by atoms with Gasteiger partial charge >= 0.3 is 0 Å². The molecule has 8 heteroatoms. The van der Waals surface area contributed by atoms with Crippen molar-refractivity contribution in [1.82, 2.24) is 19.0 Å². The fourth-order valence-electron chi connectivity index (χ4n) is 4.15. The molecule has 30 heavy (non-hydrogen) atoms. The van der Waals surface area contributed by atoms with Crippen molar-refractivity contribution in [3.05, 3.63) is 47.8 Å². The Bertz CT molecular complexity index is 1010. The minimum Gasteiger partial charge on any atom is -0.342 e. The second-order valence-electron chi connectivity index (χ2n) is 8.86. The van der Waals surface area contributed by atoms with Crippen LogP contribution in [-0.2, 0) is 17.1 Å². The summed E-state index contributed by atoms with van der Waals surface area (Å²) in [5.74, 6) is -0.221. The van der Waals surface area contributed by atoms with E-state index in [4.69, 9.17) is 0 Å². The van der Waals surface area contributed by atoms with E-state index in [1.807, 2.05) is 19.4 Å². The molecule has 0 aliphatic carbocycles. The maximum Gasteiger partial charge on any atom is 0.254 e. The SMILES string of the molecule is CCCCN(C)C(=O)c1ccccc1S(=O)(=O)N1CC(c2cnn(C)c2)C(C)(C)C1. The molecular formula is C22H32N4O3S. The first kappa shape index (κ1) is 22.5. The third-order valence-corrected chi connectivity index (χ3v) is 7.84. The summed E-state index contributed by atoms with van der Waals surface area (Å²) < 4.78 is 30.5. The molecule has 1 saturated heterocycles. The van der Waals surface area contributed by atoms with Crippen molar-refractivity contribution in [3.8, 4) is 0 Å². The van der Waals surface area contributed by atoms with Crippen molar-refractivity contribution >= 4 is 15.9 Å². The molecule has 0 spiro atoms. The van der Waals surface area contributed by atoms with E-state index < -0.39 is 10.0 Å². The Morgan fingerprint density at radius 3 is 2.63 bits per heavy atom. The van der Waals surface area contributed by atoms with Crippen molar-refractivity contribution in [2.24, 2.45) is 12.5 Å². The van der Waals surface area contributed by atoms with Crippen molar-refractivity contribution in [2.75, 3.05) is 26.7 Å². The highest BCUT2D eigenvalue weighted by Crippen LogP contribution is 2.44. The average Bonchev–Trinajstić information content (AvgIpc) is 3.27. The third-order valence-electron chi connectivity index (χ3n) is 5.97. The topological polar surface area (TPSA) is 75.5 Å². The van der Waals surface area contributed by atoms with Gasteiger partial charge in [-0.2, -0.15) is 9.40 Å². The maximum absolute atomic E-state index is 13.6. The zero-order chi connectivity index (χ0) is 22.1. The largest absolute Gasteiger partial charge is 0.342 e. The van der Waals surface area contributed by atoms with Gasteiger partial charge in [-0.15, -0.1) is 0 Å². The van der Waals surface area contributed by atoms with Gasteiger partial charge in [0.05, 0.1) is 16.7 Å². The standard InChI is InChI=1S/C22H32N4O3S/c1-6-7-12-24(4)21(27)18-10-8-9-11-20(18)30(28,29)26-15-19(22(2,3)16-26)17-13-23-25(5)14-17/h8-11,13-14,19H,6-7,12,15-16H2,1-5H3. The summed E-state index contributed by atoms with van der Waals surface area (Å²) in [6.45, 7) is 7.58. The first-order valence-corrected chi connectivity index (χ1v) is 11.8.